The topological polar surface area (TPSA) is 58.9 Å². The molecule has 0 atom stereocenters. The smallest absolute Gasteiger partial charge is 0.194 e. The van der Waals surface area contributed by atoms with Crippen molar-refractivity contribution < 1.29 is 9.21 Å². The Labute approximate surface area is 78.5 Å². The van der Waals surface area contributed by atoms with Crippen LogP contribution >= 0.6 is 11.6 Å². The molecule has 0 fully saturated rings. The molecular formula is C8H5ClN2O2. The molecule has 66 valence electrons. The third-order valence-electron chi connectivity index (χ3n) is 1.55. The minimum atomic E-state index is 0.297. The molecule has 0 saturated carbocycles. The van der Waals surface area contributed by atoms with E-state index in [1.54, 1.807) is 18.2 Å². The fourth-order valence-corrected chi connectivity index (χ4v) is 1.12. The maximum Gasteiger partial charge on any atom is 0.194 e. The number of nitrogens with one attached hydrogen (secondary N) is 1. The summed E-state index contributed by atoms with van der Waals surface area (Å²) in [4.78, 5) is 10.3. The van der Waals surface area contributed by atoms with E-state index < -0.39 is 0 Å². The number of aromatic nitrogens is 2. The minimum Gasteiger partial charge on any atom is -0.443 e. The summed E-state index contributed by atoms with van der Waals surface area (Å²) in [5.41, 5.74) is 0.969. The zero-order valence-electron chi connectivity index (χ0n) is 6.45. The summed E-state index contributed by atoms with van der Waals surface area (Å²) in [6.07, 6.45) is 0.682. The van der Waals surface area contributed by atoms with Gasteiger partial charge < -0.3 is 4.42 Å². The molecule has 2 aromatic rings. The summed E-state index contributed by atoms with van der Waals surface area (Å²) >= 11 is 5.58. The first kappa shape index (κ1) is 8.07. The van der Waals surface area contributed by atoms with Crippen molar-refractivity contribution in [3.63, 3.8) is 0 Å². The molecule has 0 bridgehead atoms. The second kappa shape index (κ2) is 3.06. The summed E-state index contributed by atoms with van der Waals surface area (Å²) in [6.45, 7) is 0. The second-order valence-corrected chi connectivity index (χ2v) is 2.80. The first-order valence-corrected chi connectivity index (χ1v) is 3.93. The number of carbonyl (C=O) groups excluding carboxylic acids is 1. The lowest BCUT2D eigenvalue weighted by Crippen LogP contribution is -1.75. The average molecular weight is 197 g/mol. The third kappa shape index (κ3) is 1.48. The zero-order chi connectivity index (χ0) is 9.26. The van der Waals surface area contributed by atoms with Crippen LogP contribution in [0.15, 0.2) is 22.6 Å². The Morgan fingerprint density at radius 1 is 1.54 bits per heavy atom. The molecule has 2 heterocycles. The van der Waals surface area contributed by atoms with Crippen LogP contribution in [-0.4, -0.2) is 16.5 Å². The van der Waals surface area contributed by atoms with Crippen LogP contribution in [0.3, 0.4) is 0 Å². The summed E-state index contributed by atoms with van der Waals surface area (Å²) < 4.78 is 5.09. The van der Waals surface area contributed by atoms with Gasteiger partial charge in [0.25, 0.3) is 0 Å². The maximum absolute atomic E-state index is 10.3. The van der Waals surface area contributed by atoms with E-state index in [0.29, 0.717) is 28.7 Å². The van der Waals surface area contributed by atoms with Crippen LogP contribution in [0.5, 0.6) is 0 Å². The molecule has 1 N–H and O–H groups in total. The average Bonchev–Trinajstić information content (AvgIpc) is 2.71. The molecule has 2 aromatic heterocycles. The lowest BCUT2D eigenvalue weighted by atomic mass is 10.3. The Morgan fingerprint density at radius 3 is 2.92 bits per heavy atom. The Hall–Kier alpha value is -1.55. The number of aromatic amines is 1. The SMILES string of the molecule is O=Cc1cc(-c2ccc(Cl)o2)n[nH]1. The van der Waals surface area contributed by atoms with Crippen molar-refractivity contribution in [3.8, 4) is 11.5 Å². The predicted octanol–water partition coefficient (Wildman–Crippen LogP) is 2.14. The van der Waals surface area contributed by atoms with E-state index in [1.807, 2.05) is 0 Å². The Bertz CT molecular complexity index is 433. The van der Waals surface area contributed by atoms with E-state index in [9.17, 15) is 4.79 Å². The Morgan fingerprint density at radius 2 is 2.38 bits per heavy atom. The summed E-state index contributed by atoms with van der Waals surface area (Å²) in [5.74, 6) is 0.536. The Kier molecular flexibility index (Phi) is 1.90. The van der Waals surface area contributed by atoms with E-state index in [2.05, 4.69) is 10.2 Å². The summed E-state index contributed by atoms with van der Waals surface area (Å²) in [5, 5.41) is 6.70. The van der Waals surface area contributed by atoms with Crippen molar-refractivity contribution in [2.75, 3.05) is 0 Å². The Balaban J connectivity index is 2.40. The first-order valence-electron chi connectivity index (χ1n) is 3.56. The molecule has 2 rings (SSSR count). The number of H-pyrrole nitrogens is 1. The standard InChI is InChI=1S/C8H5ClN2O2/c9-8-2-1-7(13-8)6-3-5(4-12)10-11-6/h1-4H,(H,10,11). The summed E-state index contributed by atoms with van der Waals surface area (Å²) in [7, 11) is 0. The molecule has 13 heavy (non-hydrogen) atoms. The van der Waals surface area contributed by atoms with Crippen molar-refractivity contribution >= 4 is 17.9 Å². The number of aldehydes is 1. The van der Waals surface area contributed by atoms with Gasteiger partial charge in [0.2, 0.25) is 0 Å². The molecule has 0 amide bonds. The lowest BCUT2D eigenvalue weighted by molar-refractivity contribution is 0.111. The predicted molar refractivity (Wildman–Crippen MR) is 46.7 cm³/mol. The molecule has 0 unspecified atom stereocenters. The molecule has 0 spiro atoms. The van der Waals surface area contributed by atoms with E-state index >= 15 is 0 Å². The minimum absolute atomic E-state index is 0.297. The molecular weight excluding hydrogens is 192 g/mol. The molecule has 0 aliphatic rings. The number of rotatable bonds is 2. The van der Waals surface area contributed by atoms with Gasteiger partial charge in [-0.05, 0) is 29.8 Å². The van der Waals surface area contributed by atoms with Crippen molar-refractivity contribution in [3.05, 3.63) is 29.1 Å². The van der Waals surface area contributed by atoms with Gasteiger partial charge in [-0.15, -0.1) is 0 Å². The van der Waals surface area contributed by atoms with Crippen LogP contribution in [0.25, 0.3) is 11.5 Å². The molecule has 5 heteroatoms. The number of hydrogen-bond acceptors (Lipinski definition) is 3. The van der Waals surface area contributed by atoms with E-state index in [4.69, 9.17) is 16.0 Å². The van der Waals surface area contributed by atoms with Gasteiger partial charge in [-0.25, -0.2) is 0 Å². The van der Waals surface area contributed by atoms with Crippen LogP contribution in [0.1, 0.15) is 10.5 Å². The quantitative estimate of drug-likeness (QED) is 0.749. The number of hydrogen-bond donors (Lipinski definition) is 1. The molecule has 0 aromatic carbocycles. The van der Waals surface area contributed by atoms with Crippen LogP contribution in [0.4, 0.5) is 0 Å². The van der Waals surface area contributed by atoms with Crippen LogP contribution in [0.2, 0.25) is 5.22 Å². The van der Waals surface area contributed by atoms with Gasteiger partial charge in [-0.3, -0.25) is 9.89 Å². The van der Waals surface area contributed by atoms with E-state index in [1.165, 1.54) is 0 Å². The fourth-order valence-electron chi connectivity index (χ4n) is 0.975. The van der Waals surface area contributed by atoms with Gasteiger partial charge in [0.05, 0.1) is 5.69 Å². The van der Waals surface area contributed by atoms with Crippen LogP contribution in [0, 0.1) is 0 Å². The van der Waals surface area contributed by atoms with Gasteiger partial charge in [0, 0.05) is 0 Å². The van der Waals surface area contributed by atoms with Crippen molar-refractivity contribution in [1.29, 1.82) is 0 Å². The highest BCUT2D eigenvalue weighted by atomic mass is 35.5. The van der Waals surface area contributed by atoms with E-state index in [-0.39, 0.29) is 0 Å². The number of nitrogens with zero attached hydrogens (tertiary/aromatic N) is 1. The number of furan rings is 1. The highest BCUT2D eigenvalue weighted by Crippen LogP contribution is 2.22. The fraction of sp³-hybridized carbons (Fsp3) is 0. The van der Waals surface area contributed by atoms with Gasteiger partial charge in [0.15, 0.2) is 17.3 Å². The van der Waals surface area contributed by atoms with Crippen molar-refractivity contribution in [2.45, 2.75) is 0 Å². The highest BCUT2D eigenvalue weighted by molar-refractivity contribution is 6.28. The summed E-state index contributed by atoms with van der Waals surface area (Å²) in [6, 6.07) is 4.89. The highest BCUT2D eigenvalue weighted by Gasteiger charge is 2.06. The molecule has 0 aliphatic carbocycles. The van der Waals surface area contributed by atoms with Gasteiger partial charge in [-0.2, -0.15) is 5.10 Å². The molecule has 0 radical (unpaired) electrons. The van der Waals surface area contributed by atoms with E-state index in [0.717, 1.165) is 0 Å². The zero-order valence-corrected chi connectivity index (χ0v) is 7.21. The number of halogens is 1. The maximum atomic E-state index is 10.3. The molecule has 0 saturated heterocycles. The number of carbonyl (C=O) groups is 1. The van der Waals surface area contributed by atoms with Gasteiger partial charge in [0.1, 0.15) is 5.69 Å². The second-order valence-electron chi connectivity index (χ2n) is 2.43. The van der Waals surface area contributed by atoms with Crippen molar-refractivity contribution in [2.24, 2.45) is 0 Å². The van der Waals surface area contributed by atoms with Crippen LogP contribution < -0.4 is 0 Å². The normalized spacial score (nSPS) is 10.2. The van der Waals surface area contributed by atoms with Gasteiger partial charge >= 0.3 is 0 Å². The third-order valence-corrected chi connectivity index (χ3v) is 1.75. The molecule has 4 nitrogen and oxygen atoms in total. The molecule has 0 aliphatic heterocycles. The van der Waals surface area contributed by atoms with Crippen molar-refractivity contribution in [1.82, 2.24) is 10.2 Å². The monoisotopic (exact) mass is 196 g/mol. The van der Waals surface area contributed by atoms with Gasteiger partial charge in [-0.1, -0.05) is 0 Å². The lowest BCUT2D eigenvalue weighted by Gasteiger charge is -1.85. The van der Waals surface area contributed by atoms with Crippen LogP contribution in [-0.2, 0) is 0 Å². The largest absolute Gasteiger partial charge is 0.443 e. The first-order chi connectivity index (χ1) is 6.29.